The summed E-state index contributed by atoms with van der Waals surface area (Å²) in [6, 6.07) is 0. The van der Waals surface area contributed by atoms with Gasteiger partial charge in [0, 0.05) is 20.2 Å². The molecular weight excluding hydrogens is 200 g/mol. The SMILES string of the molecule is CN(C)C1=CC=C([N+](=O)[O-])N2ONC=C12. The third kappa shape index (κ3) is 1.42. The summed E-state index contributed by atoms with van der Waals surface area (Å²) in [5, 5.41) is 11.8. The van der Waals surface area contributed by atoms with Gasteiger partial charge in [0.05, 0.1) is 11.9 Å². The lowest BCUT2D eigenvalue weighted by Crippen LogP contribution is -2.30. The van der Waals surface area contributed by atoms with Gasteiger partial charge in [-0.1, -0.05) is 4.94 Å². The lowest BCUT2D eigenvalue weighted by atomic mass is 10.2. The van der Waals surface area contributed by atoms with Crippen LogP contribution in [0.3, 0.4) is 0 Å². The topological polar surface area (TPSA) is 70.9 Å². The molecule has 0 saturated carbocycles. The molecule has 0 fully saturated rings. The molecule has 2 rings (SSSR count). The molecule has 2 aliphatic rings. The van der Waals surface area contributed by atoms with Crippen LogP contribution < -0.4 is 5.48 Å². The van der Waals surface area contributed by atoms with Gasteiger partial charge in [0.2, 0.25) is 5.70 Å². The van der Waals surface area contributed by atoms with E-state index in [4.69, 9.17) is 4.94 Å². The average Bonchev–Trinajstić information content (AvgIpc) is 2.63. The molecule has 80 valence electrons. The van der Waals surface area contributed by atoms with E-state index in [0.717, 1.165) is 10.8 Å². The summed E-state index contributed by atoms with van der Waals surface area (Å²) in [5.41, 5.74) is 3.94. The molecule has 7 nitrogen and oxygen atoms in total. The third-order valence-electron chi connectivity index (χ3n) is 2.09. The largest absolute Gasteiger partial charge is 0.374 e. The van der Waals surface area contributed by atoms with Crippen LogP contribution in [-0.4, -0.2) is 29.0 Å². The van der Waals surface area contributed by atoms with Crippen molar-refractivity contribution in [3.05, 3.63) is 45.7 Å². The second-order valence-corrected chi connectivity index (χ2v) is 3.26. The number of nitrogens with one attached hydrogen (secondary N) is 1. The highest BCUT2D eigenvalue weighted by atomic mass is 16.8. The normalized spacial score (nSPS) is 18.5. The number of fused-ring (bicyclic) bond motifs is 1. The van der Waals surface area contributed by atoms with Crippen molar-refractivity contribution in [2.45, 2.75) is 0 Å². The molecule has 2 heterocycles. The molecule has 2 aliphatic heterocycles. The van der Waals surface area contributed by atoms with Crippen molar-refractivity contribution in [1.82, 2.24) is 15.4 Å². The van der Waals surface area contributed by atoms with Crippen LogP contribution in [0.15, 0.2) is 35.6 Å². The molecule has 0 aromatic rings. The fraction of sp³-hybridized carbons (Fsp3) is 0.250. The number of rotatable bonds is 2. The summed E-state index contributed by atoms with van der Waals surface area (Å²) < 4.78 is 0. The van der Waals surface area contributed by atoms with Crippen molar-refractivity contribution in [2.24, 2.45) is 0 Å². The maximum absolute atomic E-state index is 10.7. The maximum Gasteiger partial charge on any atom is 0.355 e. The minimum Gasteiger partial charge on any atom is -0.374 e. The molecule has 0 aromatic carbocycles. The first-order valence-corrected chi connectivity index (χ1v) is 4.28. The van der Waals surface area contributed by atoms with Crippen molar-refractivity contribution in [3.63, 3.8) is 0 Å². The van der Waals surface area contributed by atoms with Crippen molar-refractivity contribution < 1.29 is 9.86 Å². The molecule has 0 spiro atoms. The Bertz CT molecular complexity index is 397. The van der Waals surface area contributed by atoms with Gasteiger partial charge in [-0.15, -0.1) is 0 Å². The third-order valence-corrected chi connectivity index (χ3v) is 2.09. The summed E-state index contributed by atoms with van der Waals surface area (Å²) in [7, 11) is 3.71. The van der Waals surface area contributed by atoms with Crippen LogP contribution in [0.5, 0.6) is 0 Å². The summed E-state index contributed by atoms with van der Waals surface area (Å²) >= 11 is 0. The average molecular weight is 210 g/mol. The zero-order chi connectivity index (χ0) is 11.0. The number of hydrogen-bond acceptors (Lipinski definition) is 6. The van der Waals surface area contributed by atoms with E-state index in [0.29, 0.717) is 5.70 Å². The van der Waals surface area contributed by atoms with Gasteiger partial charge in [-0.25, -0.2) is 5.48 Å². The minimum absolute atomic E-state index is 0.114. The fourth-order valence-corrected chi connectivity index (χ4v) is 1.41. The summed E-state index contributed by atoms with van der Waals surface area (Å²) in [4.78, 5) is 17.0. The van der Waals surface area contributed by atoms with E-state index in [1.807, 2.05) is 19.0 Å². The second-order valence-electron chi connectivity index (χ2n) is 3.26. The van der Waals surface area contributed by atoms with E-state index in [-0.39, 0.29) is 5.82 Å². The summed E-state index contributed by atoms with van der Waals surface area (Å²) in [5.74, 6) is -0.114. The van der Waals surface area contributed by atoms with Crippen molar-refractivity contribution in [2.75, 3.05) is 14.1 Å². The Balaban J connectivity index is 2.42. The molecule has 15 heavy (non-hydrogen) atoms. The number of hydroxylamine groups is 3. The predicted octanol–water partition coefficient (Wildman–Crippen LogP) is 0.157. The highest BCUT2D eigenvalue weighted by molar-refractivity contribution is 5.37. The minimum atomic E-state index is -0.496. The first kappa shape index (κ1) is 9.53. The molecule has 0 amide bonds. The van der Waals surface area contributed by atoms with Gasteiger partial charge in [-0.2, -0.15) is 0 Å². The molecule has 0 aromatic heterocycles. The van der Waals surface area contributed by atoms with Gasteiger partial charge in [0.1, 0.15) is 0 Å². The Morgan fingerprint density at radius 2 is 2.27 bits per heavy atom. The summed E-state index contributed by atoms with van der Waals surface area (Å²) in [6.45, 7) is 0. The van der Waals surface area contributed by atoms with E-state index >= 15 is 0 Å². The zero-order valence-corrected chi connectivity index (χ0v) is 8.30. The first-order valence-electron chi connectivity index (χ1n) is 4.28. The Hall–Kier alpha value is -2.02. The number of nitrogens with zero attached hydrogens (tertiary/aromatic N) is 3. The van der Waals surface area contributed by atoms with Crippen LogP contribution >= 0.6 is 0 Å². The van der Waals surface area contributed by atoms with Crippen LogP contribution in [0, 0.1) is 10.1 Å². The molecule has 0 unspecified atom stereocenters. The van der Waals surface area contributed by atoms with Gasteiger partial charge >= 0.3 is 5.82 Å². The molecule has 0 atom stereocenters. The lowest BCUT2D eigenvalue weighted by molar-refractivity contribution is -0.465. The molecule has 7 heteroatoms. The van der Waals surface area contributed by atoms with Gasteiger partial charge < -0.3 is 15.0 Å². The molecular formula is C8H10N4O3. The van der Waals surface area contributed by atoms with Crippen molar-refractivity contribution in [3.8, 4) is 0 Å². The zero-order valence-electron chi connectivity index (χ0n) is 8.30. The molecule has 1 N–H and O–H groups in total. The van der Waals surface area contributed by atoms with Crippen LogP contribution in [0.4, 0.5) is 0 Å². The van der Waals surface area contributed by atoms with E-state index in [2.05, 4.69) is 5.48 Å². The summed E-state index contributed by atoms with van der Waals surface area (Å²) in [6.07, 6.45) is 4.65. The van der Waals surface area contributed by atoms with Crippen LogP contribution in [-0.2, 0) is 4.94 Å². The lowest BCUT2D eigenvalue weighted by Gasteiger charge is -2.21. The Morgan fingerprint density at radius 3 is 2.87 bits per heavy atom. The van der Waals surface area contributed by atoms with Crippen LogP contribution in [0.1, 0.15) is 0 Å². The Morgan fingerprint density at radius 1 is 1.53 bits per heavy atom. The van der Waals surface area contributed by atoms with E-state index in [9.17, 15) is 10.1 Å². The van der Waals surface area contributed by atoms with E-state index in [1.165, 1.54) is 6.08 Å². The predicted molar refractivity (Wildman–Crippen MR) is 51.0 cm³/mol. The van der Waals surface area contributed by atoms with Gasteiger partial charge in [0.15, 0.2) is 0 Å². The Kier molecular flexibility index (Phi) is 2.09. The van der Waals surface area contributed by atoms with Gasteiger partial charge in [0.25, 0.3) is 0 Å². The van der Waals surface area contributed by atoms with Crippen LogP contribution in [0.2, 0.25) is 0 Å². The van der Waals surface area contributed by atoms with Crippen molar-refractivity contribution >= 4 is 0 Å². The number of hydrogen-bond donors (Lipinski definition) is 1. The maximum atomic E-state index is 10.7. The quantitative estimate of drug-likeness (QED) is 0.517. The highest BCUT2D eigenvalue weighted by Gasteiger charge is 2.37. The van der Waals surface area contributed by atoms with E-state index < -0.39 is 4.92 Å². The van der Waals surface area contributed by atoms with Gasteiger partial charge in [-0.05, 0) is 16.1 Å². The Labute approximate surface area is 86.0 Å². The standard InChI is InChI=1S/C8H10N4O3/c1-10(2)6-3-4-8(12(13)14)11-7(6)5-9-15-11/h3-5,9H,1-2H3. The number of likely N-dealkylation sites (N-methyl/N-ethyl adjacent to an activating group) is 1. The monoisotopic (exact) mass is 210 g/mol. The first-order chi connectivity index (χ1) is 7.11. The smallest absolute Gasteiger partial charge is 0.355 e. The van der Waals surface area contributed by atoms with Gasteiger partial charge in [-0.3, -0.25) is 0 Å². The molecule has 0 radical (unpaired) electrons. The van der Waals surface area contributed by atoms with Crippen molar-refractivity contribution in [1.29, 1.82) is 0 Å². The van der Waals surface area contributed by atoms with Crippen LogP contribution in [0.25, 0.3) is 0 Å². The number of allylic oxidation sites excluding steroid dienone is 2. The number of nitro groups is 1. The highest BCUT2D eigenvalue weighted by Crippen LogP contribution is 2.28. The molecule has 0 saturated heterocycles. The molecule has 0 bridgehead atoms. The molecule has 0 aliphatic carbocycles. The van der Waals surface area contributed by atoms with E-state index in [1.54, 1.807) is 12.3 Å². The fourth-order valence-electron chi connectivity index (χ4n) is 1.41. The second kappa shape index (κ2) is 3.28.